The molecule has 0 aromatic carbocycles. The molecule has 1 fully saturated rings. The van der Waals surface area contributed by atoms with Crippen LogP contribution in [0.3, 0.4) is 0 Å². The summed E-state index contributed by atoms with van der Waals surface area (Å²) in [4.78, 5) is 3.94. The molecule has 1 aliphatic rings. The normalized spacial score (nSPS) is 16.8. The Labute approximate surface area is 61.3 Å². The van der Waals surface area contributed by atoms with Crippen LogP contribution in [0.5, 0.6) is 0 Å². The summed E-state index contributed by atoms with van der Waals surface area (Å²) < 4.78 is 0. The number of halogens is 1. The van der Waals surface area contributed by atoms with Crippen LogP contribution in [0.2, 0.25) is 0 Å². The number of nitrogens with one attached hydrogen (secondary N) is 2. The summed E-state index contributed by atoms with van der Waals surface area (Å²) >= 11 is 0. The first kappa shape index (κ1) is 8.56. The molecule has 0 bridgehead atoms. The van der Waals surface area contributed by atoms with Crippen LogP contribution in [0.1, 0.15) is 6.42 Å². The molecule has 1 rings (SSSR count). The second-order valence-electron chi connectivity index (χ2n) is 1.78. The fourth-order valence-electron chi connectivity index (χ4n) is 0.723. The van der Waals surface area contributed by atoms with E-state index in [0.717, 1.165) is 19.0 Å². The van der Waals surface area contributed by atoms with E-state index in [-0.39, 0.29) is 12.4 Å². The highest BCUT2D eigenvalue weighted by atomic mass is 35.5. The Morgan fingerprint density at radius 3 is 2.22 bits per heavy atom. The van der Waals surface area contributed by atoms with Gasteiger partial charge in [-0.2, -0.15) is 0 Å². The van der Waals surface area contributed by atoms with E-state index in [1.54, 1.807) is 7.05 Å². The van der Waals surface area contributed by atoms with Crippen LogP contribution < -0.4 is 10.6 Å². The molecule has 0 unspecified atom stereocenters. The van der Waals surface area contributed by atoms with Gasteiger partial charge in [0.05, 0.1) is 0 Å². The number of hydrogen-bond donors (Lipinski definition) is 2. The monoisotopic (exact) mass is 149 g/mol. The minimum atomic E-state index is 0. The van der Waals surface area contributed by atoms with Crippen LogP contribution in [0.4, 0.5) is 0 Å². The lowest BCUT2D eigenvalue weighted by Gasteiger charge is -2.16. The zero-order valence-corrected chi connectivity index (χ0v) is 6.29. The minimum Gasteiger partial charge on any atom is -0.356 e. The summed E-state index contributed by atoms with van der Waals surface area (Å²) in [7, 11) is 1.78. The summed E-state index contributed by atoms with van der Waals surface area (Å²) in [6.45, 7) is 2.11. The van der Waals surface area contributed by atoms with Gasteiger partial charge in [-0.3, -0.25) is 4.99 Å². The van der Waals surface area contributed by atoms with Crippen LogP contribution in [0.25, 0.3) is 0 Å². The molecule has 1 aliphatic heterocycles. The van der Waals surface area contributed by atoms with Gasteiger partial charge in [0.1, 0.15) is 0 Å². The lowest BCUT2D eigenvalue weighted by molar-refractivity contribution is 0.667. The van der Waals surface area contributed by atoms with Crippen LogP contribution in [0, 0.1) is 0 Å². The van der Waals surface area contributed by atoms with Gasteiger partial charge in [-0.25, -0.2) is 0 Å². The summed E-state index contributed by atoms with van der Waals surface area (Å²) in [5, 5.41) is 6.22. The summed E-state index contributed by atoms with van der Waals surface area (Å²) in [6, 6.07) is 0. The van der Waals surface area contributed by atoms with Crippen molar-refractivity contribution < 1.29 is 0 Å². The van der Waals surface area contributed by atoms with Crippen molar-refractivity contribution in [1.29, 1.82) is 0 Å². The molecular weight excluding hydrogens is 138 g/mol. The number of aliphatic imine (C=N–C) groups is 1. The molecule has 0 radical (unpaired) electrons. The van der Waals surface area contributed by atoms with Gasteiger partial charge >= 0.3 is 0 Å². The van der Waals surface area contributed by atoms with Crippen LogP contribution in [0.15, 0.2) is 4.99 Å². The maximum Gasteiger partial charge on any atom is 0.190 e. The average Bonchev–Trinajstić information content (AvgIpc) is 1.90. The van der Waals surface area contributed by atoms with Gasteiger partial charge in [0.25, 0.3) is 0 Å². The zero-order chi connectivity index (χ0) is 5.82. The predicted molar refractivity (Wildman–Crippen MR) is 41.2 cm³/mol. The Hall–Kier alpha value is -0.440. The topological polar surface area (TPSA) is 36.4 Å². The highest BCUT2D eigenvalue weighted by Gasteiger charge is 1.99. The van der Waals surface area contributed by atoms with Crippen molar-refractivity contribution in [3.05, 3.63) is 0 Å². The molecule has 0 aliphatic carbocycles. The third-order valence-electron chi connectivity index (χ3n) is 1.16. The maximum atomic E-state index is 3.94. The third kappa shape index (κ3) is 2.56. The first-order chi connectivity index (χ1) is 3.93. The van der Waals surface area contributed by atoms with Crippen molar-refractivity contribution in [3.63, 3.8) is 0 Å². The van der Waals surface area contributed by atoms with E-state index in [4.69, 9.17) is 0 Å². The van der Waals surface area contributed by atoms with Crippen molar-refractivity contribution in [2.45, 2.75) is 6.42 Å². The fraction of sp³-hybridized carbons (Fsp3) is 0.800. The largest absolute Gasteiger partial charge is 0.356 e. The van der Waals surface area contributed by atoms with E-state index in [2.05, 4.69) is 15.6 Å². The summed E-state index contributed by atoms with van der Waals surface area (Å²) in [5.41, 5.74) is 0. The first-order valence-electron chi connectivity index (χ1n) is 2.88. The maximum absolute atomic E-state index is 3.94. The first-order valence-corrected chi connectivity index (χ1v) is 2.88. The Bertz CT molecular complexity index is 94.4. The van der Waals surface area contributed by atoms with E-state index in [0.29, 0.717) is 0 Å². The standard InChI is InChI=1S/C5H11N3.ClH/c1-6-5-7-3-2-4-8-5;/h2-4H2,1H3,(H2,6,7,8);1H. The Morgan fingerprint density at radius 2 is 1.89 bits per heavy atom. The SMILES string of the molecule is CN=C1NCCCN1.Cl. The van der Waals surface area contributed by atoms with Crippen LogP contribution in [-0.2, 0) is 0 Å². The molecule has 9 heavy (non-hydrogen) atoms. The van der Waals surface area contributed by atoms with E-state index >= 15 is 0 Å². The van der Waals surface area contributed by atoms with E-state index in [1.807, 2.05) is 0 Å². The fourth-order valence-corrected chi connectivity index (χ4v) is 0.723. The molecule has 0 aromatic heterocycles. The highest BCUT2D eigenvalue weighted by molar-refractivity contribution is 5.85. The molecule has 1 saturated heterocycles. The number of nitrogens with zero attached hydrogens (tertiary/aromatic N) is 1. The van der Waals surface area contributed by atoms with Crippen molar-refractivity contribution >= 4 is 18.4 Å². The molecule has 1 heterocycles. The van der Waals surface area contributed by atoms with Gasteiger partial charge in [-0.1, -0.05) is 0 Å². The van der Waals surface area contributed by atoms with Crippen LogP contribution in [-0.4, -0.2) is 26.1 Å². The van der Waals surface area contributed by atoms with Gasteiger partial charge < -0.3 is 10.6 Å². The van der Waals surface area contributed by atoms with E-state index < -0.39 is 0 Å². The molecular formula is C5H12ClN3. The molecule has 0 aromatic rings. The number of hydrogen-bond acceptors (Lipinski definition) is 1. The van der Waals surface area contributed by atoms with Crippen molar-refractivity contribution in [2.24, 2.45) is 4.99 Å². The second-order valence-corrected chi connectivity index (χ2v) is 1.78. The number of rotatable bonds is 0. The quantitative estimate of drug-likeness (QED) is 0.508. The second kappa shape index (κ2) is 4.44. The van der Waals surface area contributed by atoms with Gasteiger partial charge in [0.2, 0.25) is 0 Å². The van der Waals surface area contributed by atoms with Crippen molar-refractivity contribution in [1.82, 2.24) is 10.6 Å². The highest BCUT2D eigenvalue weighted by Crippen LogP contribution is 1.80. The molecule has 4 heteroatoms. The van der Waals surface area contributed by atoms with Crippen LogP contribution >= 0.6 is 12.4 Å². The number of guanidine groups is 1. The molecule has 0 amide bonds. The lowest BCUT2D eigenvalue weighted by atomic mass is 10.4. The summed E-state index contributed by atoms with van der Waals surface area (Å²) in [6.07, 6.45) is 1.19. The molecule has 0 spiro atoms. The van der Waals surface area contributed by atoms with E-state index in [1.165, 1.54) is 6.42 Å². The van der Waals surface area contributed by atoms with E-state index in [9.17, 15) is 0 Å². The van der Waals surface area contributed by atoms with Crippen molar-refractivity contribution in [3.8, 4) is 0 Å². The zero-order valence-electron chi connectivity index (χ0n) is 5.48. The third-order valence-corrected chi connectivity index (χ3v) is 1.16. The Balaban J connectivity index is 0.000000640. The molecule has 2 N–H and O–H groups in total. The predicted octanol–water partition coefficient (Wildman–Crippen LogP) is -0.0231. The Kier molecular flexibility index (Phi) is 4.22. The summed E-state index contributed by atoms with van der Waals surface area (Å²) in [5.74, 6) is 0.927. The van der Waals surface area contributed by atoms with Gasteiger partial charge in [0.15, 0.2) is 5.96 Å². The lowest BCUT2D eigenvalue weighted by Crippen LogP contribution is -2.43. The smallest absolute Gasteiger partial charge is 0.190 e. The molecule has 0 saturated carbocycles. The molecule has 54 valence electrons. The van der Waals surface area contributed by atoms with Gasteiger partial charge in [-0.15, -0.1) is 12.4 Å². The van der Waals surface area contributed by atoms with Gasteiger partial charge in [0, 0.05) is 20.1 Å². The van der Waals surface area contributed by atoms with Gasteiger partial charge in [-0.05, 0) is 6.42 Å². The molecule has 0 atom stereocenters. The Morgan fingerprint density at radius 1 is 1.33 bits per heavy atom. The average molecular weight is 150 g/mol. The molecule has 3 nitrogen and oxygen atoms in total. The minimum absolute atomic E-state index is 0. The van der Waals surface area contributed by atoms with Crippen molar-refractivity contribution in [2.75, 3.05) is 20.1 Å².